The van der Waals surface area contributed by atoms with Crippen LogP contribution in [0.2, 0.25) is 0 Å². The molecule has 1 saturated carbocycles. The average molecular weight is 687 g/mol. The molecular formula is C37H46N6O7. The SMILES string of the molecule is CCc1ocnc1C(=O)N[C@H]1Cc2ccc(cc2)OC[C@H](CC(C)C)NC(=O)[C@@H](Cc2ccccc2)NC(=O)C2(CC2)NC(=O)[C@@H](C)NC1=O. The maximum Gasteiger partial charge on any atom is 0.274 e. The normalized spacial score (nSPS) is 22.9. The van der Waals surface area contributed by atoms with Crippen LogP contribution in [0.3, 0.4) is 0 Å². The highest BCUT2D eigenvalue weighted by Crippen LogP contribution is 2.36. The van der Waals surface area contributed by atoms with Gasteiger partial charge in [0, 0.05) is 19.3 Å². The maximum atomic E-state index is 13.8. The molecular weight excluding hydrogens is 640 g/mol. The van der Waals surface area contributed by atoms with Crippen molar-refractivity contribution < 1.29 is 33.1 Å². The van der Waals surface area contributed by atoms with Crippen molar-refractivity contribution in [2.75, 3.05) is 6.61 Å². The van der Waals surface area contributed by atoms with Crippen LogP contribution in [0.4, 0.5) is 0 Å². The van der Waals surface area contributed by atoms with E-state index in [9.17, 15) is 24.0 Å². The third-order valence-electron chi connectivity index (χ3n) is 8.92. The zero-order chi connectivity index (χ0) is 35.8. The molecule has 266 valence electrons. The van der Waals surface area contributed by atoms with Gasteiger partial charge in [-0.25, -0.2) is 4.98 Å². The number of amides is 5. The van der Waals surface area contributed by atoms with Crippen molar-refractivity contribution in [1.29, 1.82) is 0 Å². The molecule has 2 bridgehead atoms. The van der Waals surface area contributed by atoms with E-state index in [-0.39, 0.29) is 43.0 Å². The van der Waals surface area contributed by atoms with Crippen molar-refractivity contribution >= 4 is 29.5 Å². The highest BCUT2D eigenvalue weighted by Gasteiger charge is 2.52. The number of aryl methyl sites for hydroxylation is 1. The Kier molecular flexibility index (Phi) is 11.6. The Morgan fingerprint density at radius 2 is 1.68 bits per heavy atom. The molecule has 1 spiro atoms. The van der Waals surface area contributed by atoms with Crippen molar-refractivity contribution in [3.63, 3.8) is 0 Å². The Morgan fingerprint density at radius 1 is 0.960 bits per heavy atom. The number of oxazole rings is 1. The van der Waals surface area contributed by atoms with Gasteiger partial charge < -0.3 is 35.7 Å². The number of carbonyl (C=O) groups excluding carboxylic acids is 5. The Balaban J connectivity index is 1.42. The average Bonchev–Trinajstić information content (AvgIpc) is 3.71. The minimum absolute atomic E-state index is 0.0802. The molecule has 2 aliphatic heterocycles. The molecule has 1 aromatic heterocycles. The number of benzene rings is 2. The highest BCUT2D eigenvalue weighted by atomic mass is 16.5. The lowest BCUT2D eigenvalue weighted by Gasteiger charge is -2.27. The topological polar surface area (TPSA) is 181 Å². The van der Waals surface area contributed by atoms with Gasteiger partial charge in [0.2, 0.25) is 23.6 Å². The summed E-state index contributed by atoms with van der Waals surface area (Å²) in [4.78, 5) is 71.8. The van der Waals surface area contributed by atoms with E-state index in [1.54, 1.807) is 24.3 Å². The summed E-state index contributed by atoms with van der Waals surface area (Å²) in [6, 6.07) is 13.1. The minimum Gasteiger partial charge on any atom is -0.491 e. The number of fused-ring (bicyclic) bond motifs is 15. The first-order valence-corrected chi connectivity index (χ1v) is 17.2. The van der Waals surface area contributed by atoms with Gasteiger partial charge >= 0.3 is 0 Å². The van der Waals surface area contributed by atoms with Gasteiger partial charge in [0.25, 0.3) is 5.91 Å². The number of rotatable bonds is 7. The molecule has 1 aliphatic carbocycles. The predicted molar refractivity (Wildman–Crippen MR) is 184 cm³/mol. The van der Waals surface area contributed by atoms with Crippen LogP contribution < -0.4 is 31.3 Å². The summed E-state index contributed by atoms with van der Waals surface area (Å²) >= 11 is 0. The largest absolute Gasteiger partial charge is 0.491 e. The van der Waals surface area contributed by atoms with E-state index in [4.69, 9.17) is 9.15 Å². The molecule has 3 aliphatic rings. The second-order valence-corrected chi connectivity index (χ2v) is 13.5. The quantitative estimate of drug-likeness (QED) is 0.235. The van der Waals surface area contributed by atoms with E-state index in [2.05, 4.69) is 45.4 Å². The molecule has 13 nitrogen and oxygen atoms in total. The molecule has 3 aromatic rings. The minimum atomic E-state index is -1.22. The molecule has 6 rings (SSSR count). The third kappa shape index (κ3) is 9.27. The Hall–Kier alpha value is -5.20. The van der Waals surface area contributed by atoms with E-state index >= 15 is 0 Å². The number of hydrogen-bond acceptors (Lipinski definition) is 8. The van der Waals surface area contributed by atoms with Crippen molar-refractivity contribution in [2.45, 2.75) is 95.9 Å². The lowest BCUT2D eigenvalue weighted by Crippen LogP contribution is -2.59. The predicted octanol–water partition coefficient (Wildman–Crippen LogP) is 2.38. The van der Waals surface area contributed by atoms with Crippen molar-refractivity contribution in [2.24, 2.45) is 5.92 Å². The molecule has 2 aromatic carbocycles. The summed E-state index contributed by atoms with van der Waals surface area (Å²) in [6.45, 7) is 7.62. The molecule has 5 amide bonds. The van der Waals surface area contributed by atoms with E-state index in [0.717, 1.165) is 11.1 Å². The van der Waals surface area contributed by atoms with Crippen LogP contribution in [-0.2, 0) is 38.4 Å². The first-order valence-electron chi connectivity index (χ1n) is 17.2. The summed E-state index contributed by atoms with van der Waals surface area (Å²) in [5.41, 5.74) is 0.451. The second kappa shape index (κ2) is 16.0. The van der Waals surface area contributed by atoms with Gasteiger partial charge in [0.15, 0.2) is 12.1 Å². The fourth-order valence-corrected chi connectivity index (χ4v) is 5.95. The van der Waals surface area contributed by atoms with Crippen LogP contribution in [0.25, 0.3) is 0 Å². The van der Waals surface area contributed by atoms with Crippen LogP contribution >= 0.6 is 0 Å². The lowest BCUT2D eigenvalue weighted by atomic mass is 10.0. The molecule has 5 N–H and O–H groups in total. The van der Waals surface area contributed by atoms with Gasteiger partial charge in [-0.2, -0.15) is 0 Å². The number of nitrogens with one attached hydrogen (secondary N) is 5. The monoisotopic (exact) mass is 686 g/mol. The molecule has 1 fully saturated rings. The van der Waals surface area contributed by atoms with Gasteiger partial charge in [-0.15, -0.1) is 0 Å². The smallest absolute Gasteiger partial charge is 0.274 e. The summed E-state index contributed by atoms with van der Waals surface area (Å²) in [5, 5.41) is 14.2. The summed E-state index contributed by atoms with van der Waals surface area (Å²) in [6.07, 6.45) is 3.34. The fourth-order valence-electron chi connectivity index (χ4n) is 5.95. The zero-order valence-corrected chi connectivity index (χ0v) is 28.9. The van der Waals surface area contributed by atoms with Crippen LogP contribution in [0.1, 0.15) is 74.3 Å². The van der Waals surface area contributed by atoms with Crippen LogP contribution in [-0.4, -0.2) is 70.8 Å². The molecule has 0 saturated heterocycles. The summed E-state index contributed by atoms with van der Waals surface area (Å²) in [5.74, 6) is -1.39. The number of carbonyl (C=O) groups is 5. The summed E-state index contributed by atoms with van der Waals surface area (Å²) in [7, 11) is 0. The van der Waals surface area contributed by atoms with Gasteiger partial charge in [0.05, 0.1) is 6.04 Å². The van der Waals surface area contributed by atoms with E-state index in [1.165, 1.54) is 13.3 Å². The fraction of sp³-hybridized carbons (Fsp3) is 0.459. The second-order valence-electron chi connectivity index (χ2n) is 13.5. The van der Waals surface area contributed by atoms with E-state index in [1.807, 2.05) is 37.3 Å². The van der Waals surface area contributed by atoms with Gasteiger partial charge in [-0.05, 0) is 55.4 Å². The number of hydrogen-bond donors (Lipinski definition) is 5. The Labute approximate surface area is 291 Å². The van der Waals surface area contributed by atoms with Gasteiger partial charge in [-0.3, -0.25) is 24.0 Å². The van der Waals surface area contributed by atoms with Crippen molar-refractivity contribution in [1.82, 2.24) is 31.6 Å². The maximum absolute atomic E-state index is 13.8. The number of nitrogens with zero attached hydrogens (tertiary/aromatic N) is 1. The first-order chi connectivity index (χ1) is 24.0. The Morgan fingerprint density at radius 3 is 2.34 bits per heavy atom. The molecule has 3 heterocycles. The molecule has 0 radical (unpaired) electrons. The molecule has 4 atom stereocenters. The van der Waals surface area contributed by atoms with Gasteiger partial charge in [0.1, 0.15) is 41.8 Å². The number of aromatic nitrogens is 1. The van der Waals surface area contributed by atoms with Crippen LogP contribution in [0.5, 0.6) is 5.75 Å². The van der Waals surface area contributed by atoms with Gasteiger partial charge in [-0.1, -0.05) is 63.2 Å². The van der Waals surface area contributed by atoms with Crippen LogP contribution in [0.15, 0.2) is 65.4 Å². The summed E-state index contributed by atoms with van der Waals surface area (Å²) < 4.78 is 11.4. The highest BCUT2D eigenvalue weighted by molar-refractivity contribution is 6.00. The van der Waals surface area contributed by atoms with Crippen LogP contribution in [0, 0.1) is 5.92 Å². The molecule has 50 heavy (non-hydrogen) atoms. The Bertz CT molecular complexity index is 1670. The first kappa shape index (κ1) is 36.1. The van der Waals surface area contributed by atoms with E-state index in [0.29, 0.717) is 37.2 Å². The molecule has 0 unspecified atom stereocenters. The standard InChI is InChI=1S/C37H46N6O7/c1-5-30-31(38-21-50-30)35(47)41-28-19-25-11-13-27(14-12-25)49-20-26(17-22(2)3)40-34(46)29(18-24-9-7-6-8-10-24)42-36(48)37(15-16-37)43-32(44)23(4)39-33(28)45/h6-14,21-23,26,28-29H,5,15-20H2,1-4H3,(H,39,45)(H,40,46)(H,41,47)(H,42,48)(H,43,44)/t23-,26+,28+,29-/m1/s1. The van der Waals surface area contributed by atoms with Crippen molar-refractivity contribution in [3.8, 4) is 5.75 Å². The molecule has 13 heteroatoms. The lowest BCUT2D eigenvalue weighted by molar-refractivity contribution is -0.134. The van der Waals surface area contributed by atoms with E-state index < -0.39 is 47.3 Å². The van der Waals surface area contributed by atoms with Crippen molar-refractivity contribution in [3.05, 3.63) is 83.6 Å². The zero-order valence-electron chi connectivity index (χ0n) is 28.9. The number of ether oxygens (including phenoxy) is 1. The third-order valence-corrected chi connectivity index (χ3v) is 8.92.